The highest BCUT2D eigenvalue weighted by molar-refractivity contribution is 5.72. The van der Waals surface area contributed by atoms with Crippen molar-refractivity contribution in [3.05, 3.63) is 77.4 Å². The zero-order valence-corrected chi connectivity index (χ0v) is 18.3. The van der Waals surface area contributed by atoms with Crippen molar-refractivity contribution < 1.29 is 0 Å². The first kappa shape index (κ1) is 20.2. The molecule has 2 aromatic rings. The van der Waals surface area contributed by atoms with Crippen molar-refractivity contribution in [3.63, 3.8) is 0 Å². The Kier molecular flexibility index (Phi) is 6.06. The Morgan fingerprint density at radius 3 is 2.10 bits per heavy atom. The maximum atomic E-state index is 3.73. The molecular formula is C28H35N. The monoisotopic (exact) mass is 385 g/mol. The van der Waals surface area contributed by atoms with E-state index in [4.69, 9.17) is 0 Å². The number of allylic oxidation sites excluding steroid dienone is 3. The maximum Gasteiger partial charge on any atom is 0.00454 e. The first-order chi connectivity index (χ1) is 14.1. The fraction of sp³-hybridized carbons (Fsp3) is 0.429. The summed E-state index contributed by atoms with van der Waals surface area (Å²) in [5, 5.41) is 3.73. The van der Waals surface area contributed by atoms with Gasteiger partial charge in [-0.05, 0) is 67.3 Å². The third-order valence-electron chi connectivity index (χ3n) is 7.30. The zero-order valence-electron chi connectivity index (χ0n) is 18.3. The van der Waals surface area contributed by atoms with Crippen molar-refractivity contribution in [3.8, 4) is 11.1 Å². The van der Waals surface area contributed by atoms with E-state index in [1.807, 2.05) is 0 Å². The third-order valence-corrected chi connectivity index (χ3v) is 7.30. The Bertz CT molecular complexity index is 885. The largest absolute Gasteiger partial charge is 0.316 e. The summed E-state index contributed by atoms with van der Waals surface area (Å²) in [6.45, 7) is 9.20. The molecule has 1 aliphatic carbocycles. The molecule has 152 valence electrons. The molecule has 1 heteroatoms. The SMILES string of the molecule is CCC1CNCC(CC)(C2=CC=C(c3ccc(-c4ccc(C)cc4)cc3)CC2)C1. The summed E-state index contributed by atoms with van der Waals surface area (Å²) < 4.78 is 0. The Labute approximate surface area is 176 Å². The van der Waals surface area contributed by atoms with Crippen LogP contribution in [0.1, 0.15) is 57.1 Å². The molecule has 4 rings (SSSR count). The van der Waals surface area contributed by atoms with Gasteiger partial charge >= 0.3 is 0 Å². The molecule has 0 spiro atoms. The van der Waals surface area contributed by atoms with Crippen LogP contribution in [0.5, 0.6) is 0 Å². The average molecular weight is 386 g/mol. The standard InChI is InChI=1S/C28H35N/c1-4-22-18-28(5-2,20-29-19-22)27-16-14-26(15-17-27)25-12-10-24(11-13-25)23-8-6-21(3)7-9-23/h6-14,16,22,29H,4-5,15,17-20H2,1-3H3. The highest BCUT2D eigenvalue weighted by Gasteiger charge is 2.37. The summed E-state index contributed by atoms with van der Waals surface area (Å²) in [6.07, 6.45) is 11.1. The molecule has 2 atom stereocenters. The summed E-state index contributed by atoms with van der Waals surface area (Å²) in [7, 11) is 0. The summed E-state index contributed by atoms with van der Waals surface area (Å²) in [4.78, 5) is 0. The number of piperidine rings is 1. The number of hydrogen-bond acceptors (Lipinski definition) is 1. The predicted molar refractivity (Wildman–Crippen MR) is 126 cm³/mol. The van der Waals surface area contributed by atoms with E-state index < -0.39 is 0 Å². The fourth-order valence-corrected chi connectivity index (χ4v) is 5.18. The van der Waals surface area contributed by atoms with E-state index in [2.05, 4.69) is 86.8 Å². The summed E-state index contributed by atoms with van der Waals surface area (Å²) in [5.74, 6) is 0.823. The van der Waals surface area contributed by atoms with E-state index in [9.17, 15) is 0 Å². The lowest BCUT2D eigenvalue weighted by atomic mass is 9.66. The molecule has 2 unspecified atom stereocenters. The van der Waals surface area contributed by atoms with E-state index in [-0.39, 0.29) is 0 Å². The lowest BCUT2D eigenvalue weighted by Gasteiger charge is -2.43. The molecule has 1 fully saturated rings. The number of aryl methyl sites for hydroxylation is 1. The van der Waals surface area contributed by atoms with Gasteiger partial charge in [0.1, 0.15) is 0 Å². The van der Waals surface area contributed by atoms with Gasteiger partial charge in [0.2, 0.25) is 0 Å². The van der Waals surface area contributed by atoms with Crippen LogP contribution in [0.15, 0.2) is 66.3 Å². The van der Waals surface area contributed by atoms with Gasteiger partial charge in [0, 0.05) is 12.0 Å². The molecule has 29 heavy (non-hydrogen) atoms. The van der Waals surface area contributed by atoms with E-state index in [0.717, 1.165) is 18.9 Å². The zero-order chi connectivity index (χ0) is 20.3. The van der Waals surface area contributed by atoms with Crippen LogP contribution < -0.4 is 5.32 Å². The lowest BCUT2D eigenvalue weighted by molar-refractivity contribution is 0.183. The van der Waals surface area contributed by atoms with Crippen molar-refractivity contribution in [2.24, 2.45) is 11.3 Å². The number of benzene rings is 2. The molecule has 0 saturated carbocycles. The van der Waals surface area contributed by atoms with E-state index in [1.54, 1.807) is 5.57 Å². The van der Waals surface area contributed by atoms with Crippen LogP contribution in [0.3, 0.4) is 0 Å². The molecule has 0 bridgehead atoms. The van der Waals surface area contributed by atoms with Crippen LogP contribution in [0, 0.1) is 18.3 Å². The Balaban J connectivity index is 1.52. The van der Waals surface area contributed by atoms with Gasteiger partial charge in [-0.25, -0.2) is 0 Å². The van der Waals surface area contributed by atoms with Crippen LogP contribution in [0.2, 0.25) is 0 Å². The van der Waals surface area contributed by atoms with Crippen molar-refractivity contribution >= 4 is 5.57 Å². The van der Waals surface area contributed by atoms with Gasteiger partial charge in [-0.3, -0.25) is 0 Å². The van der Waals surface area contributed by atoms with Crippen molar-refractivity contribution in [2.75, 3.05) is 13.1 Å². The highest BCUT2D eigenvalue weighted by atomic mass is 14.9. The number of rotatable bonds is 5. The van der Waals surface area contributed by atoms with Crippen LogP contribution in [-0.2, 0) is 0 Å². The second-order valence-electron chi connectivity index (χ2n) is 9.07. The molecule has 2 aliphatic rings. The molecule has 1 N–H and O–H groups in total. The van der Waals surface area contributed by atoms with Crippen LogP contribution in [0.4, 0.5) is 0 Å². The first-order valence-corrected chi connectivity index (χ1v) is 11.4. The van der Waals surface area contributed by atoms with Gasteiger partial charge in [0.25, 0.3) is 0 Å². The summed E-state index contributed by atoms with van der Waals surface area (Å²) in [5.41, 5.74) is 8.79. The van der Waals surface area contributed by atoms with Gasteiger partial charge in [-0.1, -0.05) is 92.1 Å². The van der Waals surface area contributed by atoms with Crippen LogP contribution in [-0.4, -0.2) is 13.1 Å². The quantitative estimate of drug-likeness (QED) is 0.574. The summed E-state index contributed by atoms with van der Waals surface area (Å²) in [6, 6.07) is 17.9. The molecule has 0 amide bonds. The van der Waals surface area contributed by atoms with Gasteiger partial charge in [-0.15, -0.1) is 0 Å². The van der Waals surface area contributed by atoms with Crippen LogP contribution >= 0.6 is 0 Å². The topological polar surface area (TPSA) is 12.0 Å². The maximum absolute atomic E-state index is 3.73. The molecule has 1 saturated heterocycles. The van der Waals surface area contributed by atoms with Gasteiger partial charge in [-0.2, -0.15) is 0 Å². The lowest BCUT2D eigenvalue weighted by Crippen LogP contribution is -2.45. The van der Waals surface area contributed by atoms with Crippen molar-refractivity contribution in [2.45, 2.75) is 52.9 Å². The van der Waals surface area contributed by atoms with E-state index in [1.165, 1.54) is 60.1 Å². The Morgan fingerprint density at radius 1 is 0.862 bits per heavy atom. The Morgan fingerprint density at radius 2 is 1.52 bits per heavy atom. The van der Waals surface area contributed by atoms with Gasteiger partial charge in [0.05, 0.1) is 0 Å². The van der Waals surface area contributed by atoms with Gasteiger partial charge in [0.15, 0.2) is 0 Å². The number of nitrogens with one attached hydrogen (secondary N) is 1. The molecule has 0 radical (unpaired) electrons. The molecule has 1 aliphatic heterocycles. The third kappa shape index (κ3) is 4.26. The second-order valence-corrected chi connectivity index (χ2v) is 9.07. The van der Waals surface area contributed by atoms with Crippen LogP contribution in [0.25, 0.3) is 16.7 Å². The van der Waals surface area contributed by atoms with Gasteiger partial charge < -0.3 is 5.32 Å². The molecule has 2 aromatic carbocycles. The normalized spacial score (nSPS) is 24.7. The number of hydrogen-bond donors (Lipinski definition) is 1. The van der Waals surface area contributed by atoms with E-state index >= 15 is 0 Å². The minimum absolute atomic E-state index is 0.371. The van der Waals surface area contributed by atoms with Crippen molar-refractivity contribution in [1.82, 2.24) is 5.32 Å². The molecule has 1 heterocycles. The minimum atomic E-state index is 0.371. The van der Waals surface area contributed by atoms with E-state index in [0.29, 0.717) is 5.41 Å². The molecular weight excluding hydrogens is 350 g/mol. The summed E-state index contributed by atoms with van der Waals surface area (Å²) >= 11 is 0. The first-order valence-electron chi connectivity index (χ1n) is 11.4. The molecule has 0 aromatic heterocycles. The average Bonchev–Trinajstić information content (AvgIpc) is 2.80. The molecule has 1 nitrogen and oxygen atoms in total. The predicted octanol–water partition coefficient (Wildman–Crippen LogP) is 7.18. The smallest absolute Gasteiger partial charge is 0.00454 e. The Hall–Kier alpha value is -2.12. The fourth-order valence-electron chi connectivity index (χ4n) is 5.18. The van der Waals surface area contributed by atoms with Crippen molar-refractivity contribution in [1.29, 1.82) is 0 Å². The highest BCUT2D eigenvalue weighted by Crippen LogP contribution is 2.45. The second kappa shape index (κ2) is 8.71. The minimum Gasteiger partial charge on any atom is -0.316 e.